The van der Waals surface area contributed by atoms with Gasteiger partial charge in [0.1, 0.15) is 5.75 Å². The molecular weight excluding hydrogens is 230 g/mol. The Morgan fingerprint density at radius 2 is 2.17 bits per heavy atom. The number of benzene rings is 1. The van der Waals surface area contributed by atoms with Gasteiger partial charge in [-0.25, -0.2) is 4.79 Å². The molecule has 4 nitrogen and oxygen atoms in total. The molecule has 0 fully saturated rings. The first-order valence-electron chi connectivity index (χ1n) is 5.64. The molecule has 92 valence electrons. The summed E-state index contributed by atoms with van der Waals surface area (Å²) in [6.07, 6.45) is 1.63. The zero-order chi connectivity index (χ0) is 13.0. The molecule has 0 radical (unpaired) electrons. The fourth-order valence-corrected chi connectivity index (χ4v) is 1.60. The van der Waals surface area contributed by atoms with Gasteiger partial charge in [-0.1, -0.05) is 6.07 Å². The van der Waals surface area contributed by atoms with E-state index in [9.17, 15) is 9.90 Å². The van der Waals surface area contributed by atoms with Gasteiger partial charge in [0.15, 0.2) is 0 Å². The Morgan fingerprint density at radius 1 is 1.33 bits per heavy atom. The van der Waals surface area contributed by atoms with Crippen molar-refractivity contribution in [3.05, 3.63) is 48.2 Å². The molecule has 0 atom stereocenters. The summed E-state index contributed by atoms with van der Waals surface area (Å²) in [7, 11) is 0. The first kappa shape index (κ1) is 12.1. The molecule has 0 saturated carbocycles. The van der Waals surface area contributed by atoms with Crippen molar-refractivity contribution in [1.29, 1.82) is 0 Å². The van der Waals surface area contributed by atoms with Crippen LogP contribution in [-0.4, -0.2) is 22.7 Å². The Kier molecular flexibility index (Phi) is 3.57. The molecule has 1 N–H and O–H groups in total. The van der Waals surface area contributed by atoms with Crippen molar-refractivity contribution in [1.82, 2.24) is 4.98 Å². The smallest absolute Gasteiger partial charge is 0.338 e. The highest BCUT2D eigenvalue weighted by Gasteiger charge is 2.11. The number of phenols is 1. The van der Waals surface area contributed by atoms with Crippen molar-refractivity contribution in [2.24, 2.45) is 0 Å². The number of phenolic OH excluding ortho intramolecular Hbond substituents is 1. The molecule has 0 amide bonds. The molecule has 1 heterocycles. The Morgan fingerprint density at radius 3 is 2.83 bits per heavy atom. The molecule has 0 unspecified atom stereocenters. The lowest BCUT2D eigenvalue weighted by Gasteiger charge is -2.07. The molecule has 1 aromatic heterocycles. The van der Waals surface area contributed by atoms with E-state index in [0.29, 0.717) is 23.4 Å². The summed E-state index contributed by atoms with van der Waals surface area (Å²) in [4.78, 5) is 15.8. The van der Waals surface area contributed by atoms with E-state index in [0.717, 1.165) is 0 Å². The normalized spacial score (nSPS) is 10.1. The van der Waals surface area contributed by atoms with E-state index in [2.05, 4.69) is 4.98 Å². The molecule has 1 aromatic carbocycles. The quantitative estimate of drug-likeness (QED) is 0.842. The van der Waals surface area contributed by atoms with E-state index >= 15 is 0 Å². The van der Waals surface area contributed by atoms with Crippen LogP contribution in [0.2, 0.25) is 0 Å². The van der Waals surface area contributed by atoms with E-state index in [1.165, 1.54) is 12.1 Å². The molecule has 2 aromatic rings. The van der Waals surface area contributed by atoms with Gasteiger partial charge in [-0.15, -0.1) is 0 Å². The molecule has 0 bridgehead atoms. The van der Waals surface area contributed by atoms with Crippen molar-refractivity contribution in [3.8, 4) is 17.0 Å². The van der Waals surface area contributed by atoms with Crippen LogP contribution in [0.15, 0.2) is 42.6 Å². The van der Waals surface area contributed by atoms with Gasteiger partial charge in [-0.05, 0) is 37.3 Å². The zero-order valence-corrected chi connectivity index (χ0v) is 9.96. The SMILES string of the molecule is CCOC(=O)c1ccc(O)c(-c2ccccn2)c1. The maximum absolute atomic E-state index is 11.6. The number of hydrogen-bond acceptors (Lipinski definition) is 4. The Bertz CT molecular complexity index is 552. The van der Waals surface area contributed by atoms with Crippen molar-refractivity contribution in [2.75, 3.05) is 6.61 Å². The highest BCUT2D eigenvalue weighted by atomic mass is 16.5. The van der Waals surface area contributed by atoms with Crippen LogP contribution in [0.25, 0.3) is 11.3 Å². The van der Waals surface area contributed by atoms with Crippen LogP contribution in [0.4, 0.5) is 0 Å². The lowest BCUT2D eigenvalue weighted by molar-refractivity contribution is 0.0526. The van der Waals surface area contributed by atoms with Gasteiger partial charge in [0.2, 0.25) is 0 Å². The third kappa shape index (κ3) is 2.48. The lowest BCUT2D eigenvalue weighted by atomic mass is 10.1. The zero-order valence-electron chi connectivity index (χ0n) is 9.96. The minimum Gasteiger partial charge on any atom is -0.507 e. The van der Waals surface area contributed by atoms with E-state index in [4.69, 9.17) is 4.74 Å². The number of esters is 1. The summed E-state index contributed by atoms with van der Waals surface area (Å²) in [6.45, 7) is 2.07. The van der Waals surface area contributed by atoms with E-state index in [1.54, 1.807) is 31.3 Å². The maximum atomic E-state index is 11.6. The molecule has 0 spiro atoms. The predicted molar refractivity (Wildman–Crippen MR) is 67.3 cm³/mol. The standard InChI is InChI=1S/C14H13NO3/c1-2-18-14(17)10-6-7-13(16)11(9-10)12-5-3-4-8-15-12/h3-9,16H,2H2,1H3. The maximum Gasteiger partial charge on any atom is 0.338 e. The average molecular weight is 243 g/mol. The Balaban J connectivity index is 2.42. The van der Waals surface area contributed by atoms with Crippen molar-refractivity contribution >= 4 is 5.97 Å². The van der Waals surface area contributed by atoms with Crippen LogP contribution in [-0.2, 0) is 4.74 Å². The number of ether oxygens (including phenoxy) is 1. The predicted octanol–water partition coefficient (Wildman–Crippen LogP) is 2.63. The monoisotopic (exact) mass is 243 g/mol. The van der Waals surface area contributed by atoms with Crippen LogP contribution in [0.5, 0.6) is 5.75 Å². The minimum absolute atomic E-state index is 0.0850. The third-order valence-corrected chi connectivity index (χ3v) is 2.45. The largest absolute Gasteiger partial charge is 0.507 e. The van der Waals surface area contributed by atoms with Crippen LogP contribution >= 0.6 is 0 Å². The first-order chi connectivity index (χ1) is 8.72. The summed E-state index contributed by atoms with van der Waals surface area (Å²) >= 11 is 0. The summed E-state index contributed by atoms with van der Waals surface area (Å²) < 4.78 is 4.92. The van der Waals surface area contributed by atoms with Gasteiger partial charge >= 0.3 is 5.97 Å². The molecule has 0 aliphatic heterocycles. The van der Waals surface area contributed by atoms with Crippen LogP contribution in [0.1, 0.15) is 17.3 Å². The topological polar surface area (TPSA) is 59.4 Å². The van der Waals surface area contributed by atoms with E-state index < -0.39 is 5.97 Å². The van der Waals surface area contributed by atoms with Gasteiger partial charge in [0.25, 0.3) is 0 Å². The fraction of sp³-hybridized carbons (Fsp3) is 0.143. The number of carbonyl (C=O) groups is 1. The van der Waals surface area contributed by atoms with Crippen molar-refractivity contribution < 1.29 is 14.6 Å². The van der Waals surface area contributed by atoms with Crippen LogP contribution in [0.3, 0.4) is 0 Å². The molecule has 4 heteroatoms. The first-order valence-corrected chi connectivity index (χ1v) is 5.64. The number of carbonyl (C=O) groups excluding carboxylic acids is 1. The van der Waals surface area contributed by atoms with Gasteiger partial charge in [-0.3, -0.25) is 4.98 Å². The van der Waals surface area contributed by atoms with Crippen molar-refractivity contribution in [2.45, 2.75) is 6.92 Å². The van der Waals surface area contributed by atoms with Gasteiger partial charge in [0.05, 0.1) is 17.9 Å². The highest BCUT2D eigenvalue weighted by molar-refractivity contribution is 5.91. The summed E-state index contributed by atoms with van der Waals surface area (Å²) in [6, 6.07) is 9.95. The third-order valence-electron chi connectivity index (χ3n) is 2.45. The second-order valence-electron chi connectivity index (χ2n) is 3.67. The number of aromatic nitrogens is 1. The second kappa shape index (κ2) is 5.31. The number of nitrogens with zero attached hydrogens (tertiary/aromatic N) is 1. The number of aromatic hydroxyl groups is 1. The van der Waals surface area contributed by atoms with Gasteiger partial charge in [-0.2, -0.15) is 0 Å². The molecule has 0 aliphatic carbocycles. The van der Waals surface area contributed by atoms with E-state index in [-0.39, 0.29) is 5.75 Å². The number of hydrogen-bond donors (Lipinski definition) is 1. The molecule has 0 saturated heterocycles. The van der Waals surface area contributed by atoms with E-state index in [1.807, 2.05) is 6.07 Å². The van der Waals surface area contributed by atoms with Gasteiger partial charge < -0.3 is 9.84 Å². The molecule has 2 rings (SSSR count). The minimum atomic E-state index is -0.408. The number of pyridine rings is 1. The summed E-state index contributed by atoms with van der Waals surface area (Å²) in [5, 5.41) is 9.81. The fourth-order valence-electron chi connectivity index (χ4n) is 1.60. The van der Waals surface area contributed by atoms with Crippen LogP contribution in [0, 0.1) is 0 Å². The highest BCUT2D eigenvalue weighted by Crippen LogP contribution is 2.28. The lowest BCUT2D eigenvalue weighted by Crippen LogP contribution is -2.04. The number of rotatable bonds is 3. The van der Waals surface area contributed by atoms with Gasteiger partial charge in [0, 0.05) is 11.8 Å². The molecule has 0 aliphatic rings. The van der Waals surface area contributed by atoms with Crippen molar-refractivity contribution in [3.63, 3.8) is 0 Å². The van der Waals surface area contributed by atoms with Crippen LogP contribution < -0.4 is 0 Å². The Hall–Kier alpha value is -2.36. The second-order valence-corrected chi connectivity index (χ2v) is 3.67. The summed E-state index contributed by atoms with van der Waals surface area (Å²) in [5.41, 5.74) is 1.53. The molecule has 18 heavy (non-hydrogen) atoms. The summed E-state index contributed by atoms with van der Waals surface area (Å²) in [5.74, 6) is -0.323. The average Bonchev–Trinajstić information content (AvgIpc) is 2.40. The molecular formula is C14H13NO3. The Labute approximate surface area is 105 Å².